The summed E-state index contributed by atoms with van der Waals surface area (Å²) >= 11 is 0. The van der Waals surface area contributed by atoms with Crippen LogP contribution in [0.4, 0.5) is 11.5 Å². The molecular weight excluding hydrogens is 264 g/mol. The number of hydrogen-bond donors (Lipinski definition) is 1. The van der Waals surface area contributed by atoms with E-state index in [4.69, 9.17) is 10.5 Å². The zero-order valence-corrected chi connectivity index (χ0v) is 12.6. The lowest BCUT2D eigenvalue weighted by Gasteiger charge is -2.24. The highest BCUT2D eigenvalue weighted by Gasteiger charge is 2.11. The van der Waals surface area contributed by atoms with Crippen LogP contribution in [0, 0.1) is 0 Å². The molecule has 1 aromatic heterocycles. The van der Waals surface area contributed by atoms with Crippen LogP contribution < -0.4 is 15.4 Å². The standard InChI is InChI=1S/C16H22N4O/c1-3-9-20(11-13-7-5-6-8-14(13)17)15-10-16(21-4-2)19-12-18-15/h5-8,10,12H,3-4,9,11,17H2,1-2H3. The topological polar surface area (TPSA) is 64.3 Å². The number of rotatable bonds is 7. The summed E-state index contributed by atoms with van der Waals surface area (Å²) in [5.41, 5.74) is 7.94. The Balaban J connectivity index is 2.22. The van der Waals surface area contributed by atoms with Crippen molar-refractivity contribution in [1.29, 1.82) is 0 Å². The summed E-state index contributed by atoms with van der Waals surface area (Å²) < 4.78 is 5.45. The minimum atomic E-state index is 0.593. The zero-order chi connectivity index (χ0) is 15.1. The molecule has 5 nitrogen and oxygen atoms in total. The van der Waals surface area contributed by atoms with Gasteiger partial charge in [0, 0.05) is 24.8 Å². The third-order valence-corrected chi connectivity index (χ3v) is 3.15. The summed E-state index contributed by atoms with van der Waals surface area (Å²) in [6.07, 6.45) is 2.57. The van der Waals surface area contributed by atoms with Gasteiger partial charge in [-0.05, 0) is 25.0 Å². The molecule has 1 aromatic carbocycles. The molecule has 0 unspecified atom stereocenters. The molecule has 0 radical (unpaired) electrons. The van der Waals surface area contributed by atoms with Gasteiger partial charge in [0.15, 0.2) is 0 Å². The lowest BCUT2D eigenvalue weighted by molar-refractivity contribution is 0.326. The van der Waals surface area contributed by atoms with Crippen LogP contribution in [-0.2, 0) is 6.54 Å². The first-order valence-corrected chi connectivity index (χ1v) is 7.27. The Labute approximate surface area is 125 Å². The van der Waals surface area contributed by atoms with E-state index in [0.717, 1.165) is 36.6 Å². The van der Waals surface area contributed by atoms with Crippen LogP contribution in [0.2, 0.25) is 0 Å². The summed E-state index contributed by atoms with van der Waals surface area (Å²) in [6.45, 7) is 6.30. The minimum Gasteiger partial charge on any atom is -0.478 e. The molecule has 0 aliphatic heterocycles. The van der Waals surface area contributed by atoms with Crippen molar-refractivity contribution in [2.75, 3.05) is 23.8 Å². The molecule has 1 heterocycles. The average Bonchev–Trinajstić information content (AvgIpc) is 2.49. The van der Waals surface area contributed by atoms with E-state index in [9.17, 15) is 0 Å². The van der Waals surface area contributed by atoms with Crippen molar-refractivity contribution < 1.29 is 4.74 Å². The van der Waals surface area contributed by atoms with Gasteiger partial charge >= 0.3 is 0 Å². The number of ether oxygens (including phenoxy) is 1. The molecule has 2 rings (SSSR count). The van der Waals surface area contributed by atoms with Crippen LogP contribution in [0.15, 0.2) is 36.7 Å². The Morgan fingerprint density at radius 2 is 2.00 bits per heavy atom. The summed E-state index contributed by atoms with van der Waals surface area (Å²) in [5, 5.41) is 0. The number of nitrogen functional groups attached to an aromatic ring is 1. The van der Waals surface area contributed by atoms with Crippen LogP contribution in [0.3, 0.4) is 0 Å². The fourth-order valence-electron chi connectivity index (χ4n) is 2.16. The Kier molecular flexibility index (Phi) is 5.37. The predicted octanol–water partition coefficient (Wildman–Crippen LogP) is 2.87. The summed E-state index contributed by atoms with van der Waals surface area (Å²) in [6, 6.07) is 9.79. The van der Waals surface area contributed by atoms with E-state index in [0.29, 0.717) is 12.5 Å². The Morgan fingerprint density at radius 1 is 1.19 bits per heavy atom. The molecule has 112 valence electrons. The Bertz CT molecular complexity index is 574. The first-order valence-electron chi connectivity index (χ1n) is 7.27. The highest BCUT2D eigenvalue weighted by atomic mass is 16.5. The first-order chi connectivity index (χ1) is 10.2. The van der Waals surface area contributed by atoms with Gasteiger partial charge in [0.2, 0.25) is 5.88 Å². The molecule has 0 aliphatic carbocycles. The van der Waals surface area contributed by atoms with Crippen LogP contribution >= 0.6 is 0 Å². The molecule has 0 fully saturated rings. The van der Waals surface area contributed by atoms with E-state index in [2.05, 4.69) is 21.8 Å². The molecule has 21 heavy (non-hydrogen) atoms. The van der Waals surface area contributed by atoms with Crippen molar-refractivity contribution >= 4 is 11.5 Å². The summed E-state index contributed by atoms with van der Waals surface area (Å²) in [4.78, 5) is 10.7. The van der Waals surface area contributed by atoms with Gasteiger partial charge in [-0.3, -0.25) is 0 Å². The predicted molar refractivity (Wildman–Crippen MR) is 85.4 cm³/mol. The number of anilines is 2. The van der Waals surface area contributed by atoms with Crippen molar-refractivity contribution in [3.63, 3.8) is 0 Å². The molecular formula is C16H22N4O. The van der Waals surface area contributed by atoms with Crippen molar-refractivity contribution in [2.24, 2.45) is 0 Å². The summed E-state index contributed by atoms with van der Waals surface area (Å²) in [7, 11) is 0. The van der Waals surface area contributed by atoms with E-state index in [-0.39, 0.29) is 0 Å². The van der Waals surface area contributed by atoms with E-state index < -0.39 is 0 Å². The van der Waals surface area contributed by atoms with Crippen molar-refractivity contribution in [3.05, 3.63) is 42.2 Å². The minimum absolute atomic E-state index is 0.593. The normalized spacial score (nSPS) is 10.4. The second-order valence-corrected chi connectivity index (χ2v) is 4.77. The van der Waals surface area contributed by atoms with Gasteiger partial charge in [0.25, 0.3) is 0 Å². The van der Waals surface area contributed by atoms with E-state index in [1.54, 1.807) is 0 Å². The average molecular weight is 286 g/mol. The highest BCUT2D eigenvalue weighted by molar-refractivity contribution is 5.50. The van der Waals surface area contributed by atoms with Gasteiger partial charge in [-0.15, -0.1) is 0 Å². The third kappa shape index (κ3) is 4.08. The molecule has 0 atom stereocenters. The number of nitrogens with two attached hydrogens (primary N) is 1. The van der Waals surface area contributed by atoms with Crippen LogP contribution in [0.5, 0.6) is 5.88 Å². The van der Waals surface area contributed by atoms with Gasteiger partial charge in [-0.25, -0.2) is 9.97 Å². The lowest BCUT2D eigenvalue weighted by atomic mass is 10.1. The van der Waals surface area contributed by atoms with Gasteiger partial charge in [0.05, 0.1) is 6.61 Å². The van der Waals surface area contributed by atoms with Crippen molar-refractivity contribution in [1.82, 2.24) is 9.97 Å². The van der Waals surface area contributed by atoms with Crippen LogP contribution in [0.25, 0.3) is 0 Å². The number of aromatic nitrogens is 2. The smallest absolute Gasteiger partial charge is 0.218 e. The van der Waals surface area contributed by atoms with E-state index in [1.165, 1.54) is 6.33 Å². The molecule has 0 amide bonds. The molecule has 0 saturated carbocycles. The van der Waals surface area contributed by atoms with Gasteiger partial charge in [-0.1, -0.05) is 25.1 Å². The highest BCUT2D eigenvalue weighted by Crippen LogP contribution is 2.21. The maximum atomic E-state index is 6.04. The number of benzene rings is 1. The number of para-hydroxylation sites is 1. The lowest BCUT2D eigenvalue weighted by Crippen LogP contribution is -2.25. The van der Waals surface area contributed by atoms with Gasteiger partial charge in [-0.2, -0.15) is 0 Å². The number of nitrogens with zero attached hydrogens (tertiary/aromatic N) is 3. The van der Waals surface area contributed by atoms with Crippen molar-refractivity contribution in [2.45, 2.75) is 26.8 Å². The second-order valence-electron chi connectivity index (χ2n) is 4.77. The zero-order valence-electron chi connectivity index (χ0n) is 12.6. The van der Waals surface area contributed by atoms with Crippen molar-refractivity contribution in [3.8, 4) is 5.88 Å². The molecule has 2 aromatic rings. The quantitative estimate of drug-likeness (QED) is 0.793. The number of hydrogen-bond acceptors (Lipinski definition) is 5. The second kappa shape index (κ2) is 7.47. The molecule has 2 N–H and O–H groups in total. The van der Waals surface area contributed by atoms with Crippen LogP contribution in [0.1, 0.15) is 25.8 Å². The molecule has 0 aliphatic rings. The third-order valence-electron chi connectivity index (χ3n) is 3.15. The monoisotopic (exact) mass is 286 g/mol. The maximum absolute atomic E-state index is 6.04. The molecule has 0 saturated heterocycles. The fraction of sp³-hybridized carbons (Fsp3) is 0.375. The molecule has 0 bridgehead atoms. The maximum Gasteiger partial charge on any atom is 0.218 e. The SMILES string of the molecule is CCCN(Cc1ccccc1N)c1cc(OCC)ncn1. The van der Waals surface area contributed by atoms with Crippen LogP contribution in [-0.4, -0.2) is 23.1 Å². The molecule has 0 spiro atoms. The Hall–Kier alpha value is -2.30. The van der Waals surface area contributed by atoms with E-state index >= 15 is 0 Å². The van der Waals surface area contributed by atoms with Gasteiger partial charge in [0.1, 0.15) is 12.1 Å². The fourth-order valence-corrected chi connectivity index (χ4v) is 2.16. The largest absolute Gasteiger partial charge is 0.478 e. The first kappa shape index (κ1) is 15.1. The molecule has 5 heteroatoms. The van der Waals surface area contributed by atoms with Gasteiger partial charge < -0.3 is 15.4 Å². The summed E-state index contributed by atoms with van der Waals surface area (Å²) in [5.74, 6) is 1.46. The Morgan fingerprint density at radius 3 is 2.71 bits per heavy atom. The van der Waals surface area contributed by atoms with E-state index in [1.807, 2.05) is 37.3 Å².